The number of benzene rings is 2. The number of anilines is 2. The fourth-order valence-electron chi connectivity index (χ4n) is 4.32. The van der Waals surface area contributed by atoms with Crippen molar-refractivity contribution in [1.82, 2.24) is 20.4 Å². The highest BCUT2D eigenvalue weighted by Crippen LogP contribution is 2.40. The quantitative estimate of drug-likeness (QED) is 0.615. The van der Waals surface area contributed by atoms with Crippen molar-refractivity contribution in [2.45, 2.75) is 0 Å². The molecule has 0 saturated carbocycles. The van der Waals surface area contributed by atoms with Crippen molar-refractivity contribution in [3.63, 3.8) is 0 Å². The highest BCUT2D eigenvalue weighted by Gasteiger charge is 2.28. The van der Waals surface area contributed by atoms with Crippen LogP contribution in [0.4, 0.5) is 16.3 Å². The summed E-state index contributed by atoms with van der Waals surface area (Å²) in [4.78, 5) is 17.9. The fourth-order valence-corrected chi connectivity index (χ4v) is 4.61. The number of likely N-dealkylation sites (N-methyl/N-ethyl adjacent to an activating group) is 1. The maximum absolute atomic E-state index is 12.3. The van der Waals surface area contributed by atoms with Crippen molar-refractivity contribution in [2.24, 2.45) is 0 Å². The molecule has 0 bridgehead atoms. The molecule has 2 saturated heterocycles. The van der Waals surface area contributed by atoms with Crippen LogP contribution in [-0.4, -0.2) is 72.6 Å². The Kier molecular flexibility index (Phi) is 5.78. The molecule has 33 heavy (non-hydrogen) atoms. The van der Waals surface area contributed by atoms with Crippen LogP contribution >= 0.6 is 11.6 Å². The molecule has 9 heteroatoms. The molecule has 170 valence electrons. The number of hydrogen-bond acceptors (Lipinski definition) is 6. The molecule has 2 aliphatic heterocycles. The molecule has 0 atom stereocenters. The Hall–Kier alpha value is -3.36. The van der Waals surface area contributed by atoms with E-state index in [9.17, 15) is 9.90 Å². The zero-order chi connectivity index (χ0) is 22.9. The molecule has 5 rings (SSSR count). The Balaban J connectivity index is 1.47. The lowest BCUT2D eigenvalue weighted by molar-refractivity contribution is 0.229. The maximum atomic E-state index is 12.3. The molecular formula is C24H25ClN6O2. The SMILES string of the molecule is CN1CCN(c2ccc(-c3cccc(-c4cnnc(N5CCNCC5)c4)c3O)cc2Cl)C1=O. The van der Waals surface area contributed by atoms with Gasteiger partial charge < -0.3 is 20.2 Å². The highest BCUT2D eigenvalue weighted by molar-refractivity contribution is 6.34. The first kappa shape index (κ1) is 21.5. The minimum atomic E-state index is -0.0695. The summed E-state index contributed by atoms with van der Waals surface area (Å²) in [5, 5.41) is 23.4. The lowest BCUT2D eigenvalue weighted by Gasteiger charge is -2.28. The van der Waals surface area contributed by atoms with Crippen LogP contribution in [0.5, 0.6) is 5.75 Å². The van der Waals surface area contributed by atoms with Gasteiger partial charge in [0.25, 0.3) is 0 Å². The van der Waals surface area contributed by atoms with Gasteiger partial charge in [-0.2, -0.15) is 5.10 Å². The topological polar surface area (TPSA) is 84.8 Å². The summed E-state index contributed by atoms with van der Waals surface area (Å²) in [6.45, 7) is 4.80. The summed E-state index contributed by atoms with van der Waals surface area (Å²) < 4.78 is 0. The van der Waals surface area contributed by atoms with Gasteiger partial charge in [0.2, 0.25) is 0 Å². The molecule has 2 amide bonds. The van der Waals surface area contributed by atoms with E-state index in [1.807, 2.05) is 36.4 Å². The average molecular weight is 465 g/mol. The van der Waals surface area contributed by atoms with Crippen molar-refractivity contribution in [1.29, 1.82) is 0 Å². The van der Waals surface area contributed by atoms with Gasteiger partial charge in [-0.1, -0.05) is 35.9 Å². The number of urea groups is 1. The van der Waals surface area contributed by atoms with Gasteiger partial charge in [-0.15, -0.1) is 5.10 Å². The van der Waals surface area contributed by atoms with Crippen LogP contribution in [0, 0.1) is 0 Å². The van der Waals surface area contributed by atoms with Crippen molar-refractivity contribution in [2.75, 3.05) is 56.1 Å². The van der Waals surface area contributed by atoms with Crippen LogP contribution in [0.15, 0.2) is 48.7 Å². The van der Waals surface area contributed by atoms with Crippen LogP contribution in [0.1, 0.15) is 0 Å². The lowest BCUT2D eigenvalue weighted by Crippen LogP contribution is -2.43. The van der Waals surface area contributed by atoms with Gasteiger partial charge in [0.1, 0.15) is 5.75 Å². The van der Waals surface area contributed by atoms with E-state index in [4.69, 9.17) is 11.6 Å². The number of phenolic OH excluding ortho intramolecular Hbond substituents is 1. The van der Waals surface area contributed by atoms with E-state index in [2.05, 4.69) is 20.4 Å². The molecule has 3 aromatic rings. The zero-order valence-corrected chi connectivity index (χ0v) is 19.1. The first-order chi connectivity index (χ1) is 16.0. The second-order valence-electron chi connectivity index (χ2n) is 8.26. The van der Waals surface area contributed by atoms with Crippen LogP contribution in [0.2, 0.25) is 5.02 Å². The third-order valence-corrected chi connectivity index (χ3v) is 6.50. The Morgan fingerprint density at radius 2 is 1.76 bits per heavy atom. The summed E-state index contributed by atoms with van der Waals surface area (Å²) in [5.74, 6) is 0.948. The largest absolute Gasteiger partial charge is 0.507 e. The summed E-state index contributed by atoms with van der Waals surface area (Å²) in [6, 6.07) is 13.0. The molecule has 2 fully saturated rings. The van der Waals surface area contributed by atoms with Gasteiger partial charge in [-0.25, -0.2) is 4.79 Å². The van der Waals surface area contributed by atoms with E-state index in [0.29, 0.717) is 34.9 Å². The number of piperazine rings is 1. The molecule has 2 N–H and O–H groups in total. The highest BCUT2D eigenvalue weighted by atomic mass is 35.5. The van der Waals surface area contributed by atoms with Crippen LogP contribution in [-0.2, 0) is 0 Å². The molecule has 1 aromatic heterocycles. The van der Waals surface area contributed by atoms with Crippen LogP contribution < -0.4 is 15.1 Å². The average Bonchev–Trinajstić information content (AvgIpc) is 3.18. The number of nitrogens with one attached hydrogen (secondary N) is 1. The van der Waals surface area contributed by atoms with Crippen molar-refractivity contribution in [3.8, 4) is 28.0 Å². The molecule has 0 aliphatic carbocycles. The molecule has 0 unspecified atom stereocenters. The zero-order valence-electron chi connectivity index (χ0n) is 18.3. The number of halogens is 1. The molecular weight excluding hydrogens is 440 g/mol. The Labute approximate surface area is 197 Å². The Bertz CT molecular complexity index is 1200. The van der Waals surface area contributed by atoms with Crippen LogP contribution in [0.25, 0.3) is 22.3 Å². The van der Waals surface area contributed by atoms with Gasteiger partial charge >= 0.3 is 6.03 Å². The van der Waals surface area contributed by atoms with E-state index in [-0.39, 0.29) is 11.8 Å². The number of rotatable bonds is 4. The minimum Gasteiger partial charge on any atom is -0.507 e. The van der Waals surface area contributed by atoms with Crippen molar-refractivity contribution >= 4 is 29.1 Å². The van der Waals surface area contributed by atoms with E-state index >= 15 is 0 Å². The minimum absolute atomic E-state index is 0.0695. The van der Waals surface area contributed by atoms with E-state index < -0.39 is 0 Å². The second-order valence-corrected chi connectivity index (χ2v) is 8.67. The van der Waals surface area contributed by atoms with Crippen molar-refractivity contribution < 1.29 is 9.90 Å². The number of nitrogens with zero attached hydrogens (tertiary/aromatic N) is 5. The maximum Gasteiger partial charge on any atom is 0.324 e. The molecule has 3 heterocycles. The first-order valence-corrected chi connectivity index (χ1v) is 11.3. The van der Waals surface area contributed by atoms with Crippen LogP contribution in [0.3, 0.4) is 0 Å². The number of phenols is 1. The normalized spacial score (nSPS) is 16.5. The second kappa shape index (κ2) is 8.88. The smallest absolute Gasteiger partial charge is 0.324 e. The van der Waals surface area contributed by atoms with Gasteiger partial charge in [0.05, 0.1) is 16.9 Å². The number of para-hydroxylation sites is 1. The predicted molar refractivity (Wildman–Crippen MR) is 130 cm³/mol. The lowest BCUT2D eigenvalue weighted by atomic mass is 9.98. The monoisotopic (exact) mass is 464 g/mol. The summed E-state index contributed by atoms with van der Waals surface area (Å²) >= 11 is 6.57. The van der Waals surface area contributed by atoms with E-state index in [0.717, 1.165) is 43.1 Å². The number of aromatic hydroxyl groups is 1. The summed E-state index contributed by atoms with van der Waals surface area (Å²) in [5.41, 5.74) is 3.57. The Morgan fingerprint density at radius 1 is 1.00 bits per heavy atom. The van der Waals surface area contributed by atoms with Gasteiger partial charge in [-0.3, -0.25) is 4.90 Å². The number of amides is 2. The van der Waals surface area contributed by atoms with Gasteiger partial charge in [0.15, 0.2) is 5.82 Å². The molecule has 0 radical (unpaired) electrons. The number of carbonyl (C=O) groups is 1. The third-order valence-electron chi connectivity index (χ3n) is 6.20. The van der Waals surface area contributed by atoms with Gasteiger partial charge in [0, 0.05) is 63.0 Å². The predicted octanol–water partition coefficient (Wildman–Crippen LogP) is 3.45. The fraction of sp³-hybridized carbons (Fsp3) is 0.292. The van der Waals surface area contributed by atoms with Crippen molar-refractivity contribution in [3.05, 3.63) is 53.7 Å². The number of aromatic nitrogens is 2. The molecule has 8 nitrogen and oxygen atoms in total. The van der Waals surface area contributed by atoms with E-state index in [1.165, 1.54) is 0 Å². The molecule has 2 aromatic carbocycles. The Morgan fingerprint density at radius 3 is 2.45 bits per heavy atom. The summed E-state index contributed by atoms with van der Waals surface area (Å²) in [7, 11) is 1.77. The number of hydrogen-bond donors (Lipinski definition) is 2. The standard InChI is InChI=1S/C24H25ClN6O2/c1-29-11-12-31(24(29)33)21-6-5-16(13-20(21)25)18-3-2-4-19(23(18)32)17-14-22(28-27-15-17)30-9-7-26-8-10-30/h2-6,13-15,26,32H,7-12H2,1H3. The molecule has 0 spiro atoms. The number of carbonyl (C=O) groups excluding carboxylic acids is 1. The molecule has 2 aliphatic rings. The van der Waals surface area contributed by atoms with Gasteiger partial charge in [-0.05, 0) is 23.8 Å². The first-order valence-electron chi connectivity index (χ1n) is 11.0. The van der Waals surface area contributed by atoms with E-state index in [1.54, 1.807) is 29.1 Å². The third kappa shape index (κ3) is 4.07. The summed E-state index contributed by atoms with van der Waals surface area (Å²) in [6.07, 6.45) is 1.66.